The highest BCUT2D eigenvalue weighted by molar-refractivity contribution is 5.90. The molecule has 7 rings (SSSR count). The Morgan fingerprint density at radius 1 is 0.561 bits per heavy atom. The molecule has 4 aliphatic heterocycles. The summed E-state index contributed by atoms with van der Waals surface area (Å²) in [6, 6.07) is 15.2. The molecule has 4 fully saturated rings. The topological polar surface area (TPSA) is 431 Å². The van der Waals surface area contributed by atoms with E-state index in [1.807, 2.05) is 0 Å². The predicted octanol–water partition coefficient (Wildman–Crippen LogP) is -3.35. The Labute approximate surface area is 466 Å². The van der Waals surface area contributed by atoms with E-state index in [1.165, 1.54) is 87.0 Å². The largest absolute Gasteiger partial charge is 0.504 e. The molecule has 4 saturated heterocycles. The van der Waals surface area contributed by atoms with Crippen LogP contribution in [0, 0.1) is 0 Å². The third-order valence-corrected chi connectivity index (χ3v) is 13.4. The number of hydrogen-bond acceptors (Lipinski definition) is 29. The van der Waals surface area contributed by atoms with Crippen LogP contribution in [0.15, 0.2) is 78.9 Å². The maximum Gasteiger partial charge on any atom is 0.338 e. The van der Waals surface area contributed by atoms with E-state index in [4.69, 9.17) is 61.6 Å². The van der Waals surface area contributed by atoms with Crippen molar-refractivity contribution >= 4 is 36.0 Å². The van der Waals surface area contributed by atoms with E-state index in [0.29, 0.717) is 5.56 Å². The molecule has 4 aliphatic rings. The molecule has 0 radical (unpaired) electrons. The van der Waals surface area contributed by atoms with Crippen molar-refractivity contribution in [3.8, 4) is 23.0 Å². The zero-order valence-corrected chi connectivity index (χ0v) is 43.9. The Kier molecular flexibility index (Phi) is 21.7. The van der Waals surface area contributed by atoms with Gasteiger partial charge in [-0.3, -0.25) is 4.79 Å². The summed E-state index contributed by atoms with van der Waals surface area (Å²) >= 11 is 0. The van der Waals surface area contributed by atoms with E-state index in [9.17, 15) is 80.5 Å². The third kappa shape index (κ3) is 14.6. The van der Waals surface area contributed by atoms with E-state index in [2.05, 4.69) is 0 Å². The number of aliphatic hydroxyl groups excluding tert-OH is 10. The van der Waals surface area contributed by atoms with Gasteiger partial charge in [0.1, 0.15) is 92.6 Å². The summed E-state index contributed by atoms with van der Waals surface area (Å²) in [6.07, 6.45) is -33.5. The average Bonchev–Trinajstić information content (AvgIpc) is 2.78. The van der Waals surface area contributed by atoms with Crippen molar-refractivity contribution in [2.24, 2.45) is 0 Å². The smallest absolute Gasteiger partial charge is 0.338 e. The van der Waals surface area contributed by atoms with Gasteiger partial charge < -0.3 is 123 Å². The minimum atomic E-state index is -2.91. The Balaban J connectivity index is 1.36. The molecule has 0 unspecified atom stereocenters. The lowest BCUT2D eigenvalue weighted by atomic mass is 9.95. The van der Waals surface area contributed by atoms with Crippen molar-refractivity contribution in [2.45, 2.75) is 123 Å². The first-order chi connectivity index (χ1) is 39.1. The van der Waals surface area contributed by atoms with Crippen LogP contribution in [-0.2, 0) is 66.5 Å². The zero-order chi connectivity index (χ0) is 59.6. The minimum Gasteiger partial charge on any atom is -0.504 e. The van der Waals surface area contributed by atoms with Crippen LogP contribution < -0.4 is 9.47 Å². The number of ether oxygens (including phenoxy) is 13. The fourth-order valence-electron chi connectivity index (χ4n) is 9.09. The van der Waals surface area contributed by atoms with Gasteiger partial charge in [0.2, 0.25) is 5.79 Å². The van der Waals surface area contributed by atoms with Crippen molar-refractivity contribution in [3.63, 3.8) is 0 Å². The molecule has 29 heteroatoms. The highest BCUT2D eigenvalue weighted by atomic mass is 16.8. The lowest BCUT2D eigenvalue weighted by Crippen LogP contribution is -2.69. The van der Waals surface area contributed by atoms with Crippen LogP contribution in [0.25, 0.3) is 12.2 Å². The van der Waals surface area contributed by atoms with Crippen molar-refractivity contribution in [1.29, 1.82) is 0 Å². The summed E-state index contributed by atoms with van der Waals surface area (Å²) in [5, 5.41) is 131. The summed E-state index contributed by atoms with van der Waals surface area (Å²) in [6.45, 7) is -4.22. The van der Waals surface area contributed by atoms with E-state index in [1.54, 1.807) is 6.07 Å². The number of aliphatic hydroxyl groups is 10. The van der Waals surface area contributed by atoms with Crippen LogP contribution in [0.1, 0.15) is 28.4 Å². The Hall–Kier alpha value is -6.46. The molecule has 0 bridgehead atoms. The molecule has 12 N–H and O–H groups in total. The van der Waals surface area contributed by atoms with Crippen molar-refractivity contribution in [1.82, 2.24) is 0 Å². The van der Waals surface area contributed by atoms with Gasteiger partial charge in [-0.1, -0.05) is 30.3 Å². The van der Waals surface area contributed by atoms with Gasteiger partial charge in [-0.15, -0.1) is 0 Å². The maximum absolute atomic E-state index is 14.0. The Morgan fingerprint density at radius 3 is 1.63 bits per heavy atom. The maximum atomic E-state index is 14.0. The van der Waals surface area contributed by atoms with E-state index in [0.717, 1.165) is 19.1 Å². The monoisotopic (exact) mass is 1160 g/mol. The lowest BCUT2D eigenvalue weighted by Gasteiger charge is -2.50. The van der Waals surface area contributed by atoms with Crippen LogP contribution in [0.4, 0.5) is 0 Å². The fourth-order valence-corrected chi connectivity index (χ4v) is 9.09. The van der Waals surface area contributed by atoms with E-state index in [-0.39, 0.29) is 34.1 Å². The molecule has 3 aromatic rings. The number of carbonyl (C=O) groups is 4. The van der Waals surface area contributed by atoms with Gasteiger partial charge in [0, 0.05) is 19.1 Å². The van der Waals surface area contributed by atoms with Crippen molar-refractivity contribution in [2.75, 3.05) is 47.3 Å². The minimum absolute atomic E-state index is 0.00912. The quantitative estimate of drug-likeness (QED) is 0.0266. The number of methoxy groups -OCH3 is 2. The van der Waals surface area contributed by atoms with Crippen LogP contribution in [0.5, 0.6) is 23.0 Å². The number of rotatable bonds is 22. The van der Waals surface area contributed by atoms with Crippen LogP contribution in [-0.4, -0.2) is 249 Å². The molecule has 29 nitrogen and oxygen atoms in total. The first kappa shape index (κ1) is 63.1. The molecule has 0 aliphatic carbocycles. The number of benzene rings is 3. The molecule has 0 spiro atoms. The molecule has 4 heterocycles. The molecule has 0 saturated carbocycles. The average molecular weight is 1170 g/mol. The van der Waals surface area contributed by atoms with Gasteiger partial charge in [-0.05, 0) is 59.7 Å². The molecular weight excluding hydrogens is 1100 g/mol. The predicted molar refractivity (Wildman–Crippen MR) is 268 cm³/mol. The molecule has 0 aromatic heterocycles. The van der Waals surface area contributed by atoms with Gasteiger partial charge in [0.15, 0.2) is 54.1 Å². The van der Waals surface area contributed by atoms with E-state index < -0.39 is 173 Å². The van der Waals surface area contributed by atoms with Crippen LogP contribution in [0.3, 0.4) is 0 Å². The third-order valence-electron chi connectivity index (χ3n) is 13.4. The zero-order valence-electron chi connectivity index (χ0n) is 43.9. The Bertz CT molecular complexity index is 2690. The molecule has 19 atom stereocenters. The number of aromatic hydroxyl groups is 2. The second-order valence-corrected chi connectivity index (χ2v) is 18.9. The highest BCUT2D eigenvalue weighted by Gasteiger charge is 2.64. The van der Waals surface area contributed by atoms with Gasteiger partial charge in [-0.25, -0.2) is 14.4 Å². The summed E-state index contributed by atoms with van der Waals surface area (Å²) in [7, 11) is 2.56. The number of phenols is 2. The van der Waals surface area contributed by atoms with Crippen LogP contribution >= 0.6 is 0 Å². The molecule has 3 aromatic carbocycles. The first-order valence-electron chi connectivity index (χ1n) is 25.2. The second-order valence-electron chi connectivity index (χ2n) is 18.9. The highest BCUT2D eigenvalue weighted by Crippen LogP contribution is 2.42. The molecular formula is C53H64O29. The normalized spacial score (nSPS) is 33.9. The van der Waals surface area contributed by atoms with Gasteiger partial charge >= 0.3 is 23.9 Å². The lowest BCUT2D eigenvalue weighted by molar-refractivity contribution is -0.421. The van der Waals surface area contributed by atoms with Gasteiger partial charge in [0.25, 0.3) is 0 Å². The second kappa shape index (κ2) is 28.2. The SMILES string of the molecule is COc1cc(/C=C/C(=O)OC[C@@]2(O[C@H]3O[C@H](CO)[C@@H](OC(=O)/C=C/c4ccc(O)c(OC)c4)[C@H](O[C@@H]4O[C@H](COC(C)=O)[C@@H](O)[C@H](O)[C@H]4O)[C@H]3O[C@@H]3O[C@H](CO)[C@@H](O)[C@H](O)[C@H]3O)O[C@H](CO)[C@@H](O)[C@@H]2OC(=O)c2ccccc2)ccc1O. The summed E-state index contributed by atoms with van der Waals surface area (Å²) < 4.78 is 75.7. The molecule has 82 heavy (non-hydrogen) atoms. The number of phenolic OH excluding ortho intramolecular Hbond substituents is 2. The van der Waals surface area contributed by atoms with E-state index >= 15 is 0 Å². The molecule has 450 valence electrons. The van der Waals surface area contributed by atoms with Gasteiger partial charge in [-0.2, -0.15) is 0 Å². The molecule has 0 amide bonds. The summed E-state index contributed by atoms with van der Waals surface area (Å²) in [4.78, 5) is 53.5. The number of esters is 4. The number of hydrogen-bond donors (Lipinski definition) is 12. The Morgan fingerprint density at radius 2 is 1.09 bits per heavy atom. The van der Waals surface area contributed by atoms with Crippen molar-refractivity contribution in [3.05, 3.63) is 95.6 Å². The summed E-state index contributed by atoms with van der Waals surface area (Å²) in [5.74, 6) is -7.80. The standard InChI is InChI=1S/C53H64O29/c1-24(57)72-22-35-39(63)42(66)44(68)51(76-35)78-46-45(77-37(61)16-12-26-10-14-29(59)31(18-26)71-3)34(21-56)75-52(47(46)79-50-43(67)41(65)38(62)32(19-54)74-50)82-53(23-73-36(60)15-11-25-9-13-28(58)30(17-25)70-2)48(40(64)33(20-55)81-53)80-49(69)27-7-5-4-6-8-27/h4-18,32-35,38-48,50-52,54-56,58-59,62-68H,19-23H2,1-3H3/b15-11+,16-12+/t32-,33-,34-,35-,38-,39-,40-,41+,42+,43-,44-,45-,46+,47-,48+,50+,51+,52-,53+/m1/s1. The summed E-state index contributed by atoms with van der Waals surface area (Å²) in [5.41, 5.74) is 0.466. The number of carbonyl (C=O) groups excluding carboxylic acids is 4. The van der Waals surface area contributed by atoms with Crippen molar-refractivity contribution < 1.29 is 142 Å². The first-order valence-corrected chi connectivity index (χ1v) is 25.2. The van der Waals surface area contributed by atoms with Crippen LogP contribution in [0.2, 0.25) is 0 Å². The fraction of sp³-hybridized carbons (Fsp3) is 0.509. The van der Waals surface area contributed by atoms with Gasteiger partial charge in [0.05, 0.1) is 39.6 Å².